The van der Waals surface area contributed by atoms with Crippen LogP contribution in [0.5, 0.6) is 17.2 Å². The van der Waals surface area contributed by atoms with Crippen molar-refractivity contribution in [3.05, 3.63) is 120 Å². The predicted molar refractivity (Wildman–Crippen MR) is 151 cm³/mol. The Bertz CT molecular complexity index is 1630. The van der Waals surface area contributed by atoms with Crippen LogP contribution in [0.25, 0.3) is 28.4 Å². The Morgan fingerprint density at radius 2 is 1.51 bits per heavy atom. The maximum absolute atomic E-state index is 13.4. The molecule has 0 unspecified atom stereocenters. The Balaban J connectivity index is 1.35. The molecular weight excluding hydrogens is 492 g/mol. The molecular formula is C33H26O6. The molecule has 6 heteroatoms. The number of hydrogen-bond donors (Lipinski definition) is 0. The summed E-state index contributed by atoms with van der Waals surface area (Å²) < 4.78 is 22.6. The fraction of sp³-hybridized carbons (Fsp3) is 0.0909. The van der Waals surface area contributed by atoms with Crippen LogP contribution in [-0.2, 0) is 0 Å². The van der Waals surface area contributed by atoms with Crippen molar-refractivity contribution in [2.45, 2.75) is 6.92 Å². The summed E-state index contributed by atoms with van der Waals surface area (Å²) in [5.41, 5.74) is 2.95. The van der Waals surface area contributed by atoms with Gasteiger partial charge in [0.1, 0.15) is 34.2 Å². The van der Waals surface area contributed by atoms with E-state index in [1.807, 2.05) is 61.5 Å². The van der Waals surface area contributed by atoms with Crippen LogP contribution < -0.4 is 14.2 Å². The van der Waals surface area contributed by atoms with Crippen molar-refractivity contribution in [2.75, 3.05) is 13.7 Å². The Kier molecular flexibility index (Phi) is 7.55. The molecule has 0 radical (unpaired) electrons. The smallest absolute Gasteiger partial charge is 0.348 e. The minimum Gasteiger partial charge on any atom is -0.497 e. The summed E-state index contributed by atoms with van der Waals surface area (Å²) in [5, 5.41) is 0.587. The van der Waals surface area contributed by atoms with Crippen LogP contribution in [0, 0.1) is 0 Å². The zero-order valence-corrected chi connectivity index (χ0v) is 21.5. The molecule has 0 fully saturated rings. The number of ether oxygens (including phenoxy) is 3. The molecule has 6 nitrogen and oxygen atoms in total. The highest BCUT2D eigenvalue weighted by Crippen LogP contribution is 2.36. The van der Waals surface area contributed by atoms with Gasteiger partial charge in [-0.2, -0.15) is 0 Å². The number of allylic oxidation sites excluding steroid dienone is 1. The largest absolute Gasteiger partial charge is 0.497 e. The summed E-state index contributed by atoms with van der Waals surface area (Å²) in [4.78, 5) is 26.1. The third-order valence-electron chi connectivity index (χ3n) is 6.10. The van der Waals surface area contributed by atoms with Crippen molar-refractivity contribution in [2.24, 2.45) is 0 Å². The van der Waals surface area contributed by atoms with Gasteiger partial charge < -0.3 is 18.6 Å². The lowest BCUT2D eigenvalue weighted by atomic mass is 10.1. The second-order valence-electron chi connectivity index (χ2n) is 8.65. The Labute approximate surface area is 226 Å². The molecule has 0 saturated carbocycles. The topological polar surface area (TPSA) is 75.0 Å². The zero-order valence-electron chi connectivity index (χ0n) is 21.5. The molecule has 0 bridgehead atoms. The zero-order chi connectivity index (χ0) is 27.2. The molecule has 1 heterocycles. The maximum atomic E-state index is 13.4. The molecule has 0 aliphatic heterocycles. The van der Waals surface area contributed by atoms with Crippen molar-refractivity contribution >= 4 is 28.8 Å². The lowest BCUT2D eigenvalue weighted by Crippen LogP contribution is -2.09. The van der Waals surface area contributed by atoms with Gasteiger partial charge in [0.15, 0.2) is 5.78 Å². The predicted octanol–water partition coefficient (Wildman–Crippen LogP) is 7.62. The summed E-state index contributed by atoms with van der Waals surface area (Å²) in [6.07, 6.45) is 3.25. The van der Waals surface area contributed by atoms with Crippen molar-refractivity contribution in [1.82, 2.24) is 0 Å². The minimum atomic E-state index is -0.574. The molecule has 5 rings (SSSR count). The van der Waals surface area contributed by atoms with Gasteiger partial charge in [-0.25, -0.2) is 4.79 Å². The van der Waals surface area contributed by atoms with Crippen molar-refractivity contribution in [3.8, 4) is 28.6 Å². The third-order valence-corrected chi connectivity index (χ3v) is 6.10. The van der Waals surface area contributed by atoms with Crippen LogP contribution in [0.1, 0.15) is 33.2 Å². The second kappa shape index (κ2) is 11.5. The molecule has 194 valence electrons. The van der Waals surface area contributed by atoms with Gasteiger partial charge in [0.25, 0.3) is 0 Å². The van der Waals surface area contributed by atoms with Gasteiger partial charge in [-0.15, -0.1) is 0 Å². The minimum absolute atomic E-state index is 0.166. The Hall–Kier alpha value is -5.10. The molecule has 0 amide bonds. The first-order valence-corrected chi connectivity index (χ1v) is 12.5. The molecule has 0 spiro atoms. The van der Waals surface area contributed by atoms with Crippen LogP contribution in [0.4, 0.5) is 0 Å². The van der Waals surface area contributed by atoms with Gasteiger partial charge in [-0.3, -0.25) is 4.79 Å². The monoisotopic (exact) mass is 518 g/mol. The van der Waals surface area contributed by atoms with Gasteiger partial charge in [0.05, 0.1) is 13.7 Å². The molecule has 39 heavy (non-hydrogen) atoms. The molecule has 0 saturated heterocycles. The summed E-state index contributed by atoms with van der Waals surface area (Å²) >= 11 is 0. The van der Waals surface area contributed by atoms with Crippen molar-refractivity contribution in [3.63, 3.8) is 0 Å². The number of methoxy groups -OCH3 is 1. The maximum Gasteiger partial charge on any atom is 0.348 e. The standard InChI is InChI=1S/C33H26O6/c1-3-37-25-14-9-22(10-15-25)11-19-29(34)23-12-16-26(17-13-23)38-33(35)31-28-21-27(36-2)18-20-30(28)39-32(31)24-7-5-4-6-8-24/h4-21H,3H2,1-2H3/b19-11+. The van der Waals surface area contributed by atoms with E-state index >= 15 is 0 Å². The fourth-order valence-corrected chi connectivity index (χ4v) is 4.15. The van der Waals surface area contributed by atoms with E-state index in [4.69, 9.17) is 18.6 Å². The van der Waals surface area contributed by atoms with Crippen LogP contribution in [0.2, 0.25) is 0 Å². The number of rotatable bonds is 9. The SMILES string of the molecule is CCOc1ccc(/C=C/C(=O)c2ccc(OC(=O)c3c(-c4ccccc4)oc4ccc(OC)cc34)cc2)cc1. The first-order chi connectivity index (χ1) is 19.1. The number of ketones is 1. The summed E-state index contributed by atoms with van der Waals surface area (Å²) in [7, 11) is 1.56. The highest BCUT2D eigenvalue weighted by Gasteiger charge is 2.24. The molecule has 0 N–H and O–H groups in total. The normalized spacial score (nSPS) is 11.0. The lowest BCUT2D eigenvalue weighted by molar-refractivity contribution is 0.0737. The number of carbonyl (C=O) groups is 2. The van der Waals surface area contributed by atoms with E-state index in [9.17, 15) is 9.59 Å². The Morgan fingerprint density at radius 3 is 2.21 bits per heavy atom. The average Bonchev–Trinajstić information content (AvgIpc) is 3.36. The van der Waals surface area contributed by atoms with E-state index in [2.05, 4.69) is 0 Å². The van der Waals surface area contributed by atoms with E-state index in [0.29, 0.717) is 46.0 Å². The number of carbonyl (C=O) groups excluding carboxylic acids is 2. The number of furan rings is 1. The van der Waals surface area contributed by atoms with E-state index < -0.39 is 5.97 Å². The second-order valence-corrected chi connectivity index (χ2v) is 8.65. The van der Waals surface area contributed by atoms with Gasteiger partial charge in [0, 0.05) is 16.5 Å². The quantitative estimate of drug-likeness (QED) is 0.0865. The van der Waals surface area contributed by atoms with Gasteiger partial charge >= 0.3 is 5.97 Å². The first-order valence-electron chi connectivity index (χ1n) is 12.5. The molecule has 4 aromatic carbocycles. The van der Waals surface area contributed by atoms with Crippen LogP contribution in [-0.4, -0.2) is 25.5 Å². The van der Waals surface area contributed by atoms with E-state index in [0.717, 1.165) is 16.9 Å². The third kappa shape index (κ3) is 5.75. The summed E-state index contributed by atoms with van der Waals surface area (Å²) in [5.74, 6) is 1.36. The molecule has 0 aliphatic rings. The van der Waals surface area contributed by atoms with E-state index in [1.165, 1.54) is 6.08 Å². The average molecular weight is 519 g/mol. The van der Waals surface area contributed by atoms with Gasteiger partial charge in [-0.05, 0) is 73.2 Å². The highest BCUT2D eigenvalue weighted by molar-refractivity contribution is 6.10. The number of esters is 1. The fourth-order valence-electron chi connectivity index (χ4n) is 4.15. The molecule has 0 aliphatic carbocycles. The van der Waals surface area contributed by atoms with Crippen LogP contribution >= 0.6 is 0 Å². The Morgan fingerprint density at radius 1 is 0.821 bits per heavy atom. The molecule has 0 atom stereocenters. The van der Waals surface area contributed by atoms with Gasteiger partial charge in [0.2, 0.25) is 0 Å². The number of hydrogen-bond acceptors (Lipinski definition) is 6. The first kappa shape index (κ1) is 25.5. The van der Waals surface area contributed by atoms with Gasteiger partial charge in [-0.1, -0.05) is 48.5 Å². The highest BCUT2D eigenvalue weighted by atomic mass is 16.5. The lowest BCUT2D eigenvalue weighted by Gasteiger charge is -2.06. The van der Waals surface area contributed by atoms with E-state index in [1.54, 1.807) is 55.7 Å². The van der Waals surface area contributed by atoms with E-state index in [-0.39, 0.29) is 5.78 Å². The van der Waals surface area contributed by atoms with Crippen molar-refractivity contribution in [1.29, 1.82) is 0 Å². The van der Waals surface area contributed by atoms with Crippen LogP contribution in [0.3, 0.4) is 0 Å². The molecule has 5 aromatic rings. The van der Waals surface area contributed by atoms with Crippen LogP contribution in [0.15, 0.2) is 108 Å². The molecule has 1 aromatic heterocycles. The summed E-state index contributed by atoms with van der Waals surface area (Å²) in [6, 6.07) is 28.6. The number of benzene rings is 4. The van der Waals surface area contributed by atoms with Crippen molar-refractivity contribution < 1.29 is 28.2 Å². The number of fused-ring (bicyclic) bond motifs is 1. The summed E-state index contributed by atoms with van der Waals surface area (Å²) in [6.45, 7) is 2.53.